The van der Waals surface area contributed by atoms with Crippen LogP contribution in [0.5, 0.6) is 0 Å². The van der Waals surface area contributed by atoms with Gasteiger partial charge in [0.2, 0.25) is 11.8 Å². The third kappa shape index (κ3) is 4.73. The fourth-order valence-electron chi connectivity index (χ4n) is 3.76. The maximum atomic E-state index is 12.8. The van der Waals surface area contributed by atoms with Crippen molar-refractivity contribution in [3.8, 4) is 0 Å². The smallest absolute Gasteiger partial charge is 0.338 e. The van der Waals surface area contributed by atoms with Gasteiger partial charge in [-0.3, -0.25) is 9.59 Å². The minimum Gasteiger partial charge on any atom is -0.338 e. The number of nitrogens with two attached hydrogens (primary N) is 1. The molecule has 0 aliphatic carbocycles. The predicted molar refractivity (Wildman–Crippen MR) is 96.0 cm³/mol. The van der Waals surface area contributed by atoms with E-state index in [1.165, 1.54) is 11.0 Å². The third-order valence-corrected chi connectivity index (χ3v) is 5.12. The summed E-state index contributed by atoms with van der Waals surface area (Å²) in [4.78, 5) is 28.2. The molecule has 1 aromatic rings. The second-order valence-electron chi connectivity index (χ2n) is 6.94. The number of carbonyl (C=O) groups is 2. The Labute approximate surface area is 162 Å². The van der Waals surface area contributed by atoms with Gasteiger partial charge in [-0.2, -0.15) is 13.2 Å². The second kappa shape index (κ2) is 8.48. The minimum absolute atomic E-state index is 0. The molecule has 2 aliphatic heterocycles. The molecule has 150 valence electrons. The summed E-state index contributed by atoms with van der Waals surface area (Å²) in [5.74, 6) is -0.720. The van der Waals surface area contributed by atoms with Crippen molar-refractivity contribution in [1.29, 1.82) is 0 Å². The fraction of sp³-hybridized carbons (Fsp3) is 0.556. The zero-order chi connectivity index (χ0) is 18.9. The van der Waals surface area contributed by atoms with Gasteiger partial charge in [0.25, 0.3) is 0 Å². The van der Waals surface area contributed by atoms with E-state index in [1.807, 2.05) is 0 Å². The highest BCUT2D eigenvalue weighted by atomic mass is 35.5. The quantitative estimate of drug-likeness (QED) is 0.836. The lowest BCUT2D eigenvalue weighted by molar-refractivity contribution is -0.137. The molecule has 1 aromatic carbocycles. The molecule has 0 spiro atoms. The van der Waals surface area contributed by atoms with Crippen LogP contribution in [-0.4, -0.2) is 47.3 Å². The Hall–Kier alpha value is -1.80. The fourth-order valence-corrected chi connectivity index (χ4v) is 3.76. The Kier molecular flexibility index (Phi) is 6.75. The first-order valence-electron chi connectivity index (χ1n) is 8.74. The number of halogens is 4. The first-order valence-corrected chi connectivity index (χ1v) is 8.74. The van der Waals surface area contributed by atoms with Crippen molar-refractivity contribution in [2.45, 2.75) is 38.0 Å². The summed E-state index contributed by atoms with van der Waals surface area (Å²) >= 11 is 0. The van der Waals surface area contributed by atoms with E-state index < -0.39 is 17.7 Å². The molecule has 0 saturated carbocycles. The molecule has 0 radical (unpaired) electrons. The molecule has 2 aliphatic rings. The lowest BCUT2D eigenvalue weighted by atomic mass is 10.1. The van der Waals surface area contributed by atoms with Crippen LogP contribution < -0.4 is 5.73 Å². The van der Waals surface area contributed by atoms with Crippen LogP contribution >= 0.6 is 12.4 Å². The van der Waals surface area contributed by atoms with Gasteiger partial charge in [0.1, 0.15) is 0 Å². The number of hydrogen-bond acceptors (Lipinski definition) is 3. The van der Waals surface area contributed by atoms with E-state index in [-0.39, 0.29) is 49.8 Å². The van der Waals surface area contributed by atoms with Crippen LogP contribution in [0.2, 0.25) is 0 Å². The highest BCUT2D eigenvalue weighted by Gasteiger charge is 2.39. The predicted octanol–water partition coefficient (Wildman–Crippen LogP) is 2.43. The molecule has 27 heavy (non-hydrogen) atoms. The van der Waals surface area contributed by atoms with Crippen molar-refractivity contribution < 1.29 is 22.8 Å². The molecule has 2 N–H and O–H groups in total. The zero-order valence-corrected chi connectivity index (χ0v) is 15.6. The maximum absolute atomic E-state index is 12.8. The Morgan fingerprint density at radius 3 is 2.70 bits per heavy atom. The van der Waals surface area contributed by atoms with E-state index in [2.05, 4.69) is 0 Å². The molecule has 0 bridgehead atoms. The molecule has 2 unspecified atom stereocenters. The molecule has 3 rings (SSSR count). The van der Waals surface area contributed by atoms with E-state index in [9.17, 15) is 22.8 Å². The molecule has 2 saturated heterocycles. The van der Waals surface area contributed by atoms with Crippen molar-refractivity contribution in [2.75, 3.05) is 19.6 Å². The van der Waals surface area contributed by atoms with Crippen LogP contribution in [0.3, 0.4) is 0 Å². The van der Waals surface area contributed by atoms with Crippen molar-refractivity contribution in [3.63, 3.8) is 0 Å². The Bertz CT molecular complexity index is 699. The van der Waals surface area contributed by atoms with Gasteiger partial charge in [-0.25, -0.2) is 0 Å². The largest absolute Gasteiger partial charge is 0.416 e. The molecule has 2 heterocycles. The van der Waals surface area contributed by atoms with Gasteiger partial charge in [-0.1, -0.05) is 12.1 Å². The molecule has 2 atom stereocenters. The molecule has 9 heteroatoms. The molecular weight excluding hydrogens is 383 g/mol. The van der Waals surface area contributed by atoms with Gasteiger partial charge in [0.05, 0.1) is 11.5 Å². The maximum Gasteiger partial charge on any atom is 0.416 e. The molecule has 2 amide bonds. The SMILES string of the molecule is Cl.NCC1CCCN1C(=O)C1CC(=O)N(Cc2cccc(C(F)(F)F)c2)C1. The number of carbonyl (C=O) groups excluding carboxylic acids is 2. The number of likely N-dealkylation sites (tertiary alicyclic amines) is 2. The van der Waals surface area contributed by atoms with E-state index in [0.29, 0.717) is 18.7 Å². The number of amides is 2. The number of nitrogens with zero attached hydrogens (tertiary/aromatic N) is 2. The summed E-state index contributed by atoms with van der Waals surface area (Å²) in [7, 11) is 0. The van der Waals surface area contributed by atoms with Gasteiger partial charge in [-0.15, -0.1) is 12.4 Å². The summed E-state index contributed by atoms with van der Waals surface area (Å²) in [6.45, 7) is 1.37. The molecule has 5 nitrogen and oxygen atoms in total. The lowest BCUT2D eigenvalue weighted by Gasteiger charge is -2.26. The average Bonchev–Trinajstić information content (AvgIpc) is 3.21. The molecule has 2 fully saturated rings. The van der Waals surface area contributed by atoms with Gasteiger partial charge in [0.15, 0.2) is 0 Å². The molecule has 0 aromatic heterocycles. The van der Waals surface area contributed by atoms with Crippen molar-refractivity contribution in [2.24, 2.45) is 11.7 Å². The third-order valence-electron chi connectivity index (χ3n) is 5.12. The molecular formula is C18H23ClF3N3O2. The number of benzene rings is 1. The monoisotopic (exact) mass is 405 g/mol. The zero-order valence-electron chi connectivity index (χ0n) is 14.7. The summed E-state index contributed by atoms with van der Waals surface area (Å²) in [5, 5.41) is 0. The number of alkyl halides is 3. The van der Waals surface area contributed by atoms with Crippen LogP contribution in [0.4, 0.5) is 13.2 Å². The van der Waals surface area contributed by atoms with E-state index in [4.69, 9.17) is 5.73 Å². The van der Waals surface area contributed by atoms with Crippen molar-refractivity contribution in [1.82, 2.24) is 9.80 Å². The van der Waals surface area contributed by atoms with Gasteiger partial charge >= 0.3 is 6.18 Å². The topological polar surface area (TPSA) is 66.6 Å². The Balaban J connectivity index is 0.00000261. The van der Waals surface area contributed by atoms with Crippen LogP contribution in [0.1, 0.15) is 30.4 Å². The van der Waals surface area contributed by atoms with Crippen LogP contribution in [-0.2, 0) is 22.3 Å². The van der Waals surface area contributed by atoms with E-state index >= 15 is 0 Å². The van der Waals surface area contributed by atoms with Gasteiger partial charge < -0.3 is 15.5 Å². The normalized spacial score (nSPS) is 22.9. The van der Waals surface area contributed by atoms with Crippen LogP contribution in [0.15, 0.2) is 24.3 Å². The summed E-state index contributed by atoms with van der Waals surface area (Å²) < 4.78 is 38.5. The Morgan fingerprint density at radius 1 is 1.30 bits per heavy atom. The summed E-state index contributed by atoms with van der Waals surface area (Å²) in [6.07, 6.45) is -2.54. The number of rotatable bonds is 4. The summed E-state index contributed by atoms with van der Waals surface area (Å²) in [6, 6.07) is 4.96. The van der Waals surface area contributed by atoms with Crippen LogP contribution in [0.25, 0.3) is 0 Å². The lowest BCUT2D eigenvalue weighted by Crippen LogP contribution is -2.43. The average molecular weight is 406 g/mol. The Morgan fingerprint density at radius 2 is 2.04 bits per heavy atom. The highest BCUT2D eigenvalue weighted by Crippen LogP contribution is 2.31. The van der Waals surface area contributed by atoms with Gasteiger partial charge in [-0.05, 0) is 30.5 Å². The van der Waals surface area contributed by atoms with Gasteiger partial charge in [0, 0.05) is 38.6 Å². The van der Waals surface area contributed by atoms with E-state index in [0.717, 1.165) is 25.0 Å². The van der Waals surface area contributed by atoms with Crippen molar-refractivity contribution >= 4 is 24.2 Å². The standard InChI is InChI=1S/C18H22F3N3O2.ClH/c19-18(20,21)14-4-1-3-12(7-14)10-23-11-13(8-16(23)25)17(26)24-6-2-5-15(24)9-22;/h1,3-4,7,13,15H,2,5-6,8-11,22H2;1H. The highest BCUT2D eigenvalue weighted by molar-refractivity contribution is 5.89. The second-order valence-corrected chi connectivity index (χ2v) is 6.94. The summed E-state index contributed by atoms with van der Waals surface area (Å²) in [5.41, 5.74) is 5.37. The van der Waals surface area contributed by atoms with E-state index in [1.54, 1.807) is 11.0 Å². The first kappa shape index (κ1) is 21.5. The van der Waals surface area contributed by atoms with Crippen LogP contribution in [0, 0.1) is 5.92 Å². The minimum atomic E-state index is -4.42. The van der Waals surface area contributed by atoms with Crippen molar-refractivity contribution in [3.05, 3.63) is 35.4 Å². The first-order chi connectivity index (χ1) is 12.3. The number of hydrogen-bond donors (Lipinski definition) is 1.